The summed E-state index contributed by atoms with van der Waals surface area (Å²) in [5.74, 6) is 0.786. The predicted molar refractivity (Wildman–Crippen MR) is 73.6 cm³/mol. The lowest BCUT2D eigenvalue weighted by molar-refractivity contribution is 0.0307. The van der Waals surface area contributed by atoms with Crippen molar-refractivity contribution in [3.63, 3.8) is 0 Å². The first kappa shape index (κ1) is 13.6. The van der Waals surface area contributed by atoms with E-state index in [2.05, 4.69) is 45.0 Å². The van der Waals surface area contributed by atoms with E-state index in [-0.39, 0.29) is 12.0 Å². The van der Waals surface area contributed by atoms with E-state index >= 15 is 0 Å². The van der Waals surface area contributed by atoms with E-state index in [0.29, 0.717) is 5.92 Å². The van der Waals surface area contributed by atoms with Gasteiger partial charge in [-0.15, -0.1) is 0 Å². The second-order valence-corrected chi connectivity index (χ2v) is 5.54. The molecule has 0 bridgehead atoms. The van der Waals surface area contributed by atoms with Crippen LogP contribution in [0.5, 0.6) is 0 Å². The minimum absolute atomic E-state index is 0.213. The van der Waals surface area contributed by atoms with Gasteiger partial charge in [-0.25, -0.2) is 0 Å². The van der Waals surface area contributed by atoms with Gasteiger partial charge < -0.3 is 9.84 Å². The molecule has 1 aliphatic heterocycles. The first-order valence-corrected chi connectivity index (χ1v) is 7.03. The average molecular weight is 248 g/mol. The Morgan fingerprint density at radius 1 is 1.22 bits per heavy atom. The molecule has 3 unspecified atom stereocenters. The Morgan fingerprint density at radius 3 is 2.39 bits per heavy atom. The van der Waals surface area contributed by atoms with Crippen molar-refractivity contribution in [3.05, 3.63) is 35.4 Å². The number of hydrogen-bond donors (Lipinski definition) is 1. The zero-order valence-corrected chi connectivity index (χ0v) is 11.6. The van der Waals surface area contributed by atoms with Gasteiger partial charge in [0.1, 0.15) is 0 Å². The summed E-state index contributed by atoms with van der Waals surface area (Å²) in [5, 5.41) is 10.5. The maximum absolute atomic E-state index is 10.5. The minimum atomic E-state index is -0.390. The van der Waals surface area contributed by atoms with Crippen molar-refractivity contribution in [2.45, 2.75) is 51.7 Å². The van der Waals surface area contributed by atoms with Gasteiger partial charge in [-0.2, -0.15) is 0 Å². The number of benzene rings is 1. The number of aliphatic hydroxyl groups excluding tert-OH is 1. The summed E-state index contributed by atoms with van der Waals surface area (Å²) >= 11 is 0. The lowest BCUT2D eigenvalue weighted by Gasteiger charge is -2.23. The summed E-state index contributed by atoms with van der Waals surface area (Å²) in [6.07, 6.45) is 1.76. The van der Waals surface area contributed by atoms with Gasteiger partial charge in [0.2, 0.25) is 0 Å². The normalized spacial score (nSPS) is 25.6. The monoisotopic (exact) mass is 248 g/mol. The summed E-state index contributed by atoms with van der Waals surface area (Å²) in [5.41, 5.74) is 2.34. The van der Waals surface area contributed by atoms with Crippen molar-refractivity contribution >= 4 is 0 Å². The topological polar surface area (TPSA) is 29.5 Å². The van der Waals surface area contributed by atoms with Crippen LogP contribution in [0.2, 0.25) is 0 Å². The molecule has 0 radical (unpaired) electrons. The summed E-state index contributed by atoms with van der Waals surface area (Å²) in [6, 6.07) is 8.37. The van der Waals surface area contributed by atoms with Crippen molar-refractivity contribution in [2.75, 3.05) is 6.61 Å². The fourth-order valence-electron chi connectivity index (χ4n) is 2.77. The molecule has 2 rings (SSSR count). The summed E-state index contributed by atoms with van der Waals surface area (Å²) < 4.78 is 5.66. The largest absolute Gasteiger partial charge is 0.388 e. The van der Waals surface area contributed by atoms with E-state index in [9.17, 15) is 5.11 Å². The van der Waals surface area contributed by atoms with Crippen LogP contribution in [0.4, 0.5) is 0 Å². The molecule has 2 nitrogen and oxygen atoms in total. The Balaban J connectivity index is 2.10. The van der Waals surface area contributed by atoms with Crippen LogP contribution in [0.25, 0.3) is 0 Å². The molecular weight excluding hydrogens is 224 g/mol. The molecule has 0 aliphatic carbocycles. The van der Waals surface area contributed by atoms with Crippen molar-refractivity contribution in [3.8, 4) is 0 Å². The highest BCUT2D eigenvalue weighted by Crippen LogP contribution is 2.35. The van der Waals surface area contributed by atoms with Gasteiger partial charge in [0.15, 0.2) is 0 Å². The molecule has 0 saturated carbocycles. The molecule has 1 aromatic rings. The van der Waals surface area contributed by atoms with Gasteiger partial charge in [-0.05, 0) is 29.9 Å². The molecule has 0 aromatic heterocycles. The van der Waals surface area contributed by atoms with E-state index in [1.54, 1.807) is 0 Å². The Labute approximate surface area is 110 Å². The van der Waals surface area contributed by atoms with Crippen LogP contribution in [0, 0.1) is 5.92 Å². The lowest BCUT2D eigenvalue weighted by atomic mass is 9.88. The molecule has 0 amide bonds. The van der Waals surface area contributed by atoms with Gasteiger partial charge in [0.05, 0.1) is 12.2 Å². The van der Waals surface area contributed by atoms with Crippen molar-refractivity contribution in [2.24, 2.45) is 5.92 Å². The molecule has 100 valence electrons. The van der Waals surface area contributed by atoms with Gasteiger partial charge >= 0.3 is 0 Å². The number of hydrogen-bond acceptors (Lipinski definition) is 2. The third-order valence-electron chi connectivity index (χ3n) is 4.01. The van der Waals surface area contributed by atoms with Crippen LogP contribution in [-0.2, 0) is 4.74 Å². The van der Waals surface area contributed by atoms with Crippen LogP contribution in [0.15, 0.2) is 24.3 Å². The molecule has 0 spiro atoms. The average Bonchev–Trinajstić information content (AvgIpc) is 2.86. The highest BCUT2D eigenvalue weighted by atomic mass is 16.5. The smallest absolute Gasteiger partial charge is 0.0843 e. The Kier molecular flexibility index (Phi) is 4.41. The van der Waals surface area contributed by atoms with Crippen LogP contribution in [-0.4, -0.2) is 17.8 Å². The number of rotatable bonds is 4. The maximum Gasteiger partial charge on any atom is 0.0843 e. The summed E-state index contributed by atoms with van der Waals surface area (Å²) in [6.45, 7) is 7.27. The van der Waals surface area contributed by atoms with Gasteiger partial charge in [0.25, 0.3) is 0 Å². The Bertz CT molecular complexity index is 369. The molecule has 18 heavy (non-hydrogen) atoms. The Morgan fingerprint density at radius 2 is 1.83 bits per heavy atom. The van der Waals surface area contributed by atoms with E-state index < -0.39 is 6.10 Å². The fraction of sp³-hybridized carbons (Fsp3) is 0.625. The van der Waals surface area contributed by atoms with E-state index in [0.717, 1.165) is 25.0 Å². The van der Waals surface area contributed by atoms with E-state index in [1.807, 2.05) is 0 Å². The highest BCUT2D eigenvalue weighted by molar-refractivity contribution is 5.26. The molecule has 1 aliphatic rings. The second-order valence-electron chi connectivity index (χ2n) is 5.54. The molecule has 1 N–H and O–H groups in total. The number of ether oxygens (including phenoxy) is 1. The van der Waals surface area contributed by atoms with E-state index in [4.69, 9.17) is 4.74 Å². The summed E-state index contributed by atoms with van der Waals surface area (Å²) in [7, 11) is 0. The molecule has 1 fully saturated rings. The SMILES string of the molecule is CCC1OCCC1C(O)c1ccc(C(C)C)cc1. The van der Waals surface area contributed by atoms with E-state index in [1.165, 1.54) is 5.56 Å². The van der Waals surface area contributed by atoms with Gasteiger partial charge in [-0.3, -0.25) is 0 Å². The quantitative estimate of drug-likeness (QED) is 0.881. The lowest BCUT2D eigenvalue weighted by Crippen LogP contribution is -2.22. The molecular formula is C16H24O2. The minimum Gasteiger partial charge on any atom is -0.388 e. The maximum atomic E-state index is 10.5. The van der Waals surface area contributed by atoms with Crippen LogP contribution in [0.3, 0.4) is 0 Å². The molecule has 3 atom stereocenters. The zero-order chi connectivity index (χ0) is 13.1. The zero-order valence-electron chi connectivity index (χ0n) is 11.6. The fourth-order valence-corrected chi connectivity index (χ4v) is 2.77. The molecule has 1 aromatic carbocycles. The van der Waals surface area contributed by atoms with Crippen LogP contribution in [0.1, 0.15) is 56.8 Å². The Hall–Kier alpha value is -0.860. The molecule has 2 heteroatoms. The third-order valence-corrected chi connectivity index (χ3v) is 4.01. The third kappa shape index (κ3) is 2.76. The van der Waals surface area contributed by atoms with Crippen LogP contribution < -0.4 is 0 Å². The van der Waals surface area contributed by atoms with Crippen LogP contribution >= 0.6 is 0 Å². The molecule has 1 saturated heterocycles. The summed E-state index contributed by atoms with van der Waals surface area (Å²) in [4.78, 5) is 0. The van der Waals surface area contributed by atoms with Crippen molar-refractivity contribution < 1.29 is 9.84 Å². The molecule has 1 heterocycles. The first-order valence-electron chi connectivity index (χ1n) is 7.03. The predicted octanol–water partition coefficient (Wildman–Crippen LogP) is 3.66. The number of aliphatic hydroxyl groups is 1. The van der Waals surface area contributed by atoms with Crippen molar-refractivity contribution in [1.82, 2.24) is 0 Å². The van der Waals surface area contributed by atoms with Gasteiger partial charge in [0, 0.05) is 12.5 Å². The highest BCUT2D eigenvalue weighted by Gasteiger charge is 2.33. The van der Waals surface area contributed by atoms with Gasteiger partial charge in [-0.1, -0.05) is 45.0 Å². The second kappa shape index (κ2) is 5.85. The first-order chi connectivity index (χ1) is 8.63. The van der Waals surface area contributed by atoms with Crippen molar-refractivity contribution in [1.29, 1.82) is 0 Å². The standard InChI is InChI=1S/C16H24O2/c1-4-15-14(9-10-18-15)16(17)13-7-5-12(6-8-13)11(2)3/h5-8,11,14-17H,4,9-10H2,1-3H3.